The van der Waals surface area contributed by atoms with Crippen molar-refractivity contribution in [3.63, 3.8) is 0 Å². The van der Waals surface area contributed by atoms with Crippen LogP contribution < -0.4 is 0 Å². The van der Waals surface area contributed by atoms with E-state index < -0.39 is 23.5 Å². The van der Waals surface area contributed by atoms with Crippen molar-refractivity contribution < 1.29 is 18.7 Å². The number of ketones is 2. The number of nitrogens with zero attached hydrogens (tertiary/aromatic N) is 2. The lowest BCUT2D eigenvalue weighted by Gasteiger charge is -2.08. The summed E-state index contributed by atoms with van der Waals surface area (Å²) in [4.78, 5) is 43.2. The summed E-state index contributed by atoms with van der Waals surface area (Å²) in [7, 11) is 0. The Morgan fingerprint density at radius 1 is 1.09 bits per heavy atom. The molecule has 0 bridgehead atoms. The molecule has 2 rings (SSSR count). The first-order chi connectivity index (χ1) is 10.5. The number of carbonyl (C=O) groups excluding carboxylic acids is 3. The molecule has 0 N–H and O–H groups in total. The van der Waals surface area contributed by atoms with Gasteiger partial charge >= 0.3 is 5.97 Å². The molecule has 1 unspecified atom stereocenters. The van der Waals surface area contributed by atoms with Crippen LogP contribution in [0.5, 0.6) is 0 Å². The quantitative estimate of drug-likeness (QED) is 0.620. The molecule has 2 aromatic rings. The number of halogens is 1. The van der Waals surface area contributed by atoms with Crippen molar-refractivity contribution in [1.29, 1.82) is 0 Å². The van der Waals surface area contributed by atoms with E-state index in [1.54, 1.807) is 0 Å². The number of hydrogen-bond donors (Lipinski definition) is 0. The molecule has 0 aliphatic carbocycles. The zero-order valence-electron chi connectivity index (χ0n) is 11.5. The van der Waals surface area contributed by atoms with E-state index in [0.717, 1.165) is 12.5 Å². The number of hydrogen-bond acceptors (Lipinski definition) is 6. The maximum absolute atomic E-state index is 12.2. The van der Waals surface area contributed by atoms with Crippen molar-refractivity contribution in [1.82, 2.24) is 9.97 Å². The molecule has 0 saturated heterocycles. The van der Waals surface area contributed by atoms with Gasteiger partial charge in [-0.25, -0.2) is 14.8 Å². The van der Waals surface area contributed by atoms with E-state index in [1.807, 2.05) is 30.3 Å². The van der Waals surface area contributed by atoms with Gasteiger partial charge in [0.2, 0.25) is 0 Å². The van der Waals surface area contributed by atoms with E-state index in [2.05, 4.69) is 14.3 Å². The summed E-state index contributed by atoms with van der Waals surface area (Å²) in [5.74, 6) is -3.72. The third-order valence-electron chi connectivity index (χ3n) is 2.95. The highest BCUT2D eigenvalue weighted by atomic mass is 35.5. The molecular weight excluding hydrogens is 308 g/mol. The zero-order valence-corrected chi connectivity index (χ0v) is 12.3. The van der Waals surface area contributed by atoms with Crippen LogP contribution in [0.15, 0.2) is 42.7 Å². The lowest BCUT2D eigenvalue weighted by atomic mass is 9.96. The minimum absolute atomic E-state index is 0.0296. The van der Waals surface area contributed by atoms with E-state index in [9.17, 15) is 14.4 Å². The molecule has 1 atom stereocenters. The van der Waals surface area contributed by atoms with Crippen molar-refractivity contribution in [3.8, 4) is 11.4 Å². The van der Waals surface area contributed by atoms with Crippen LogP contribution in [-0.4, -0.2) is 27.5 Å². The normalized spacial score (nSPS) is 11.5. The number of aromatic nitrogens is 2. The van der Waals surface area contributed by atoms with Gasteiger partial charge in [0.25, 0.3) is 0 Å². The maximum atomic E-state index is 12.2. The van der Waals surface area contributed by atoms with Crippen molar-refractivity contribution in [2.75, 3.05) is 0 Å². The largest absolute Gasteiger partial charge is 0.346 e. The van der Waals surface area contributed by atoms with Gasteiger partial charge in [-0.1, -0.05) is 30.3 Å². The first-order valence-corrected chi connectivity index (χ1v) is 6.60. The Morgan fingerprint density at radius 3 is 2.18 bits per heavy atom. The summed E-state index contributed by atoms with van der Waals surface area (Å²) in [5.41, 5.74) is 0.812. The maximum Gasteiger partial charge on any atom is 0.342 e. The van der Waals surface area contributed by atoms with E-state index >= 15 is 0 Å². The minimum Gasteiger partial charge on any atom is -0.346 e. The fourth-order valence-corrected chi connectivity index (χ4v) is 1.95. The first-order valence-electron chi connectivity index (χ1n) is 6.29. The van der Waals surface area contributed by atoms with Gasteiger partial charge in [-0.3, -0.25) is 9.59 Å². The fourth-order valence-electron chi connectivity index (χ4n) is 1.86. The van der Waals surface area contributed by atoms with Crippen LogP contribution in [0.2, 0.25) is 0 Å². The summed E-state index contributed by atoms with van der Waals surface area (Å²) in [6.07, 6.45) is 2.52. The molecule has 0 fully saturated rings. The molecule has 0 spiro atoms. The van der Waals surface area contributed by atoms with Crippen molar-refractivity contribution in [2.24, 2.45) is 5.92 Å². The molecule has 0 amide bonds. The van der Waals surface area contributed by atoms with Gasteiger partial charge in [-0.2, -0.15) is 0 Å². The second kappa shape index (κ2) is 6.91. The number of Topliss-reactive ketones (excluding diaryl/α,β-unsaturated/α-hetero) is 2. The summed E-state index contributed by atoms with van der Waals surface area (Å²) >= 11 is 4.94. The van der Waals surface area contributed by atoms with Crippen LogP contribution in [0.3, 0.4) is 0 Å². The van der Waals surface area contributed by atoms with E-state index in [4.69, 9.17) is 11.9 Å². The van der Waals surface area contributed by atoms with E-state index in [0.29, 0.717) is 5.82 Å². The van der Waals surface area contributed by atoms with Crippen molar-refractivity contribution >= 4 is 29.4 Å². The highest BCUT2D eigenvalue weighted by molar-refractivity contribution is 6.25. The van der Waals surface area contributed by atoms with Gasteiger partial charge in [0.15, 0.2) is 23.3 Å². The molecule has 0 aliphatic rings. The summed E-state index contributed by atoms with van der Waals surface area (Å²) in [6, 6.07) is 9.16. The van der Waals surface area contributed by atoms with Crippen LogP contribution in [-0.2, 0) is 13.9 Å². The zero-order chi connectivity index (χ0) is 16.1. The molecular formula is C15H11ClN2O4. The van der Waals surface area contributed by atoms with Crippen LogP contribution in [0.1, 0.15) is 17.3 Å². The molecule has 7 heteroatoms. The van der Waals surface area contributed by atoms with Gasteiger partial charge in [-0.05, 0) is 6.92 Å². The highest BCUT2D eigenvalue weighted by Gasteiger charge is 2.34. The van der Waals surface area contributed by atoms with Crippen LogP contribution >= 0.6 is 11.9 Å². The fraction of sp³-hybridized carbons (Fsp3) is 0.133. The minimum atomic E-state index is -1.61. The third-order valence-corrected chi connectivity index (χ3v) is 3.10. The molecule has 0 saturated carbocycles. The molecule has 1 aromatic heterocycles. The first kappa shape index (κ1) is 15.8. The Bertz CT molecular complexity index is 701. The van der Waals surface area contributed by atoms with E-state index in [-0.39, 0.29) is 5.56 Å². The average molecular weight is 319 g/mol. The molecule has 6 nitrogen and oxygen atoms in total. The highest BCUT2D eigenvalue weighted by Crippen LogP contribution is 2.16. The molecule has 0 aliphatic heterocycles. The predicted octanol–water partition coefficient (Wildman–Crippen LogP) is 2.23. The Balaban J connectivity index is 2.28. The Labute approximate surface area is 131 Å². The van der Waals surface area contributed by atoms with Gasteiger partial charge in [0.1, 0.15) is 11.9 Å². The molecule has 1 heterocycles. The summed E-state index contributed by atoms with van der Waals surface area (Å²) in [6.45, 7) is 1.11. The molecule has 1 aromatic carbocycles. The van der Waals surface area contributed by atoms with Gasteiger partial charge in [-0.15, -0.1) is 0 Å². The lowest BCUT2D eigenvalue weighted by molar-refractivity contribution is -0.140. The van der Waals surface area contributed by atoms with Crippen molar-refractivity contribution in [3.05, 3.63) is 48.3 Å². The second-order valence-corrected chi connectivity index (χ2v) is 4.62. The predicted molar refractivity (Wildman–Crippen MR) is 77.9 cm³/mol. The SMILES string of the molecule is CC(=O)C(C(=O)OCl)C(=O)c1cnc(-c2ccccc2)nc1. The number of carbonyl (C=O) groups is 3. The summed E-state index contributed by atoms with van der Waals surface area (Å²) in [5, 5.41) is 0. The molecule has 22 heavy (non-hydrogen) atoms. The number of rotatable bonds is 5. The lowest BCUT2D eigenvalue weighted by Crippen LogP contribution is -2.30. The van der Waals surface area contributed by atoms with Crippen LogP contribution in [0.4, 0.5) is 0 Å². The topological polar surface area (TPSA) is 86.2 Å². The van der Waals surface area contributed by atoms with Gasteiger partial charge < -0.3 is 4.29 Å². The number of benzene rings is 1. The Morgan fingerprint density at radius 2 is 1.68 bits per heavy atom. The monoisotopic (exact) mass is 318 g/mol. The smallest absolute Gasteiger partial charge is 0.342 e. The van der Waals surface area contributed by atoms with Crippen LogP contribution in [0, 0.1) is 5.92 Å². The average Bonchev–Trinajstić information content (AvgIpc) is 2.55. The van der Waals surface area contributed by atoms with E-state index in [1.165, 1.54) is 12.4 Å². The Kier molecular flexibility index (Phi) is 4.95. The van der Waals surface area contributed by atoms with Crippen LogP contribution in [0.25, 0.3) is 11.4 Å². The second-order valence-electron chi connectivity index (χ2n) is 4.47. The van der Waals surface area contributed by atoms with Crippen molar-refractivity contribution in [2.45, 2.75) is 6.92 Å². The molecule has 0 radical (unpaired) electrons. The van der Waals surface area contributed by atoms with Gasteiger partial charge in [0, 0.05) is 18.0 Å². The Hall–Kier alpha value is -2.60. The third kappa shape index (κ3) is 3.35. The van der Waals surface area contributed by atoms with Gasteiger partial charge in [0.05, 0.1) is 5.56 Å². The standard InChI is InChI=1S/C15H11ClN2O4/c1-9(19)12(15(21)22-16)13(20)11-7-17-14(18-8-11)10-5-3-2-4-6-10/h2-8,12H,1H3. The molecule has 112 valence electrons. The summed E-state index contributed by atoms with van der Waals surface area (Å²) < 4.78 is 3.96.